The molecule has 20 heavy (non-hydrogen) atoms. The molecule has 0 radical (unpaired) electrons. The van der Waals surface area contributed by atoms with E-state index in [1.807, 2.05) is 48.9 Å². The van der Waals surface area contributed by atoms with E-state index in [1.54, 1.807) is 7.11 Å². The zero-order chi connectivity index (χ0) is 14.1. The highest BCUT2D eigenvalue weighted by molar-refractivity contribution is 5.73. The van der Waals surface area contributed by atoms with E-state index in [0.29, 0.717) is 17.3 Å². The van der Waals surface area contributed by atoms with Crippen LogP contribution in [-0.2, 0) is 7.05 Å². The highest BCUT2D eigenvalue weighted by Gasteiger charge is 2.14. The molecule has 0 aliphatic rings. The van der Waals surface area contributed by atoms with Crippen LogP contribution < -0.4 is 10.1 Å². The number of methoxy groups -OCH3 is 1. The Kier molecular flexibility index (Phi) is 2.98. The smallest absolute Gasteiger partial charge is 0.259 e. The van der Waals surface area contributed by atoms with Crippen LogP contribution in [-0.4, -0.2) is 26.6 Å². The van der Waals surface area contributed by atoms with Crippen LogP contribution in [0.2, 0.25) is 0 Å². The Bertz CT molecular complexity index is 751. The molecule has 2 aromatic heterocycles. The lowest BCUT2D eigenvalue weighted by Gasteiger charge is -2.09. The van der Waals surface area contributed by atoms with Crippen LogP contribution in [0, 0.1) is 6.92 Å². The first kappa shape index (κ1) is 12.4. The maximum Gasteiger partial charge on any atom is 0.259 e. The molecule has 0 aliphatic heterocycles. The van der Waals surface area contributed by atoms with Gasteiger partial charge < -0.3 is 14.6 Å². The number of benzene rings is 1. The monoisotopic (exact) mass is 269 g/mol. The number of ether oxygens (including phenoxy) is 1. The van der Waals surface area contributed by atoms with E-state index < -0.39 is 0 Å². The molecule has 6 nitrogen and oxygen atoms in total. The van der Waals surface area contributed by atoms with Crippen molar-refractivity contribution in [3.05, 3.63) is 36.2 Å². The summed E-state index contributed by atoms with van der Waals surface area (Å²) in [4.78, 5) is 13.3. The van der Waals surface area contributed by atoms with Crippen molar-refractivity contribution in [2.75, 3.05) is 12.4 Å². The minimum atomic E-state index is 0.430. The summed E-state index contributed by atoms with van der Waals surface area (Å²) in [7, 11) is 3.49. The van der Waals surface area contributed by atoms with Gasteiger partial charge in [0.2, 0.25) is 5.65 Å². The van der Waals surface area contributed by atoms with Crippen LogP contribution in [0.25, 0.3) is 11.3 Å². The van der Waals surface area contributed by atoms with Crippen LogP contribution in [0.5, 0.6) is 5.88 Å². The minimum absolute atomic E-state index is 0.430. The summed E-state index contributed by atoms with van der Waals surface area (Å²) in [6.07, 6.45) is 0. The average molecular weight is 269 g/mol. The highest BCUT2D eigenvalue weighted by atomic mass is 16.5. The topological polar surface area (TPSA) is 64.9 Å². The Morgan fingerprint density at radius 2 is 1.85 bits per heavy atom. The minimum Gasteiger partial charge on any atom is -0.478 e. The zero-order valence-corrected chi connectivity index (χ0v) is 11.6. The molecule has 0 bridgehead atoms. The van der Waals surface area contributed by atoms with Crippen LogP contribution in [0.1, 0.15) is 5.82 Å². The molecule has 0 saturated carbocycles. The van der Waals surface area contributed by atoms with Gasteiger partial charge in [0.05, 0.1) is 7.11 Å². The second-order valence-corrected chi connectivity index (χ2v) is 4.44. The standard InChI is InChI=1S/C14H15N5O/c1-9-15-11-13(19(9)2)17-12(14(18-11)20-3)16-10-7-5-4-6-8-10/h4-8H,1-3H3,(H,16,17). The van der Waals surface area contributed by atoms with E-state index in [-0.39, 0.29) is 0 Å². The quantitative estimate of drug-likeness (QED) is 0.791. The molecule has 0 unspecified atom stereocenters. The first-order chi connectivity index (χ1) is 9.69. The molecular formula is C14H15N5O. The van der Waals surface area contributed by atoms with Crippen molar-refractivity contribution >= 4 is 22.8 Å². The van der Waals surface area contributed by atoms with E-state index in [4.69, 9.17) is 4.74 Å². The van der Waals surface area contributed by atoms with Gasteiger partial charge >= 0.3 is 0 Å². The fourth-order valence-corrected chi connectivity index (χ4v) is 1.97. The largest absolute Gasteiger partial charge is 0.478 e. The Morgan fingerprint density at radius 1 is 1.10 bits per heavy atom. The predicted octanol–water partition coefficient (Wildman–Crippen LogP) is 2.42. The van der Waals surface area contributed by atoms with Crippen molar-refractivity contribution in [3.63, 3.8) is 0 Å². The lowest BCUT2D eigenvalue weighted by atomic mass is 10.3. The number of imidazole rings is 1. The number of anilines is 2. The molecule has 0 amide bonds. The molecule has 2 heterocycles. The van der Waals surface area contributed by atoms with Gasteiger partial charge in [-0.15, -0.1) is 0 Å². The summed E-state index contributed by atoms with van der Waals surface area (Å²) in [5.41, 5.74) is 2.24. The van der Waals surface area contributed by atoms with Crippen LogP contribution in [0.15, 0.2) is 30.3 Å². The molecule has 3 rings (SSSR count). The Labute approximate surface area is 116 Å². The fraction of sp³-hybridized carbons (Fsp3) is 0.214. The zero-order valence-electron chi connectivity index (χ0n) is 11.6. The number of para-hydroxylation sites is 1. The number of aromatic nitrogens is 4. The number of rotatable bonds is 3. The summed E-state index contributed by atoms with van der Waals surface area (Å²) in [6, 6.07) is 9.78. The van der Waals surface area contributed by atoms with Crippen molar-refractivity contribution in [1.82, 2.24) is 19.5 Å². The number of hydrogen-bond donors (Lipinski definition) is 1. The van der Waals surface area contributed by atoms with E-state index in [2.05, 4.69) is 20.3 Å². The van der Waals surface area contributed by atoms with Crippen molar-refractivity contribution in [1.29, 1.82) is 0 Å². The lowest BCUT2D eigenvalue weighted by Crippen LogP contribution is -2.02. The van der Waals surface area contributed by atoms with E-state index >= 15 is 0 Å². The van der Waals surface area contributed by atoms with Gasteiger partial charge in [-0.1, -0.05) is 18.2 Å². The number of nitrogens with one attached hydrogen (secondary N) is 1. The maximum atomic E-state index is 5.29. The first-order valence-electron chi connectivity index (χ1n) is 6.26. The van der Waals surface area contributed by atoms with Crippen LogP contribution >= 0.6 is 0 Å². The molecule has 0 aliphatic carbocycles. The van der Waals surface area contributed by atoms with Crippen molar-refractivity contribution in [2.24, 2.45) is 7.05 Å². The van der Waals surface area contributed by atoms with Gasteiger partial charge in [-0.05, 0) is 19.1 Å². The summed E-state index contributed by atoms with van der Waals surface area (Å²) < 4.78 is 7.19. The van der Waals surface area contributed by atoms with E-state index in [0.717, 1.165) is 17.2 Å². The molecule has 6 heteroatoms. The molecule has 102 valence electrons. The third-order valence-electron chi connectivity index (χ3n) is 3.13. The average Bonchev–Trinajstić information content (AvgIpc) is 2.74. The van der Waals surface area contributed by atoms with Crippen molar-refractivity contribution in [3.8, 4) is 5.88 Å². The van der Waals surface area contributed by atoms with Gasteiger partial charge in [-0.3, -0.25) is 0 Å². The van der Waals surface area contributed by atoms with E-state index in [1.165, 1.54) is 0 Å². The molecule has 1 aromatic carbocycles. The number of hydrogen-bond acceptors (Lipinski definition) is 5. The molecule has 0 spiro atoms. The number of fused-ring (bicyclic) bond motifs is 1. The van der Waals surface area contributed by atoms with E-state index in [9.17, 15) is 0 Å². The van der Waals surface area contributed by atoms with Crippen molar-refractivity contribution in [2.45, 2.75) is 6.92 Å². The summed E-state index contributed by atoms with van der Waals surface area (Å²) >= 11 is 0. The molecule has 0 fully saturated rings. The fourth-order valence-electron chi connectivity index (χ4n) is 1.97. The van der Waals surface area contributed by atoms with Crippen LogP contribution in [0.3, 0.4) is 0 Å². The normalized spacial score (nSPS) is 10.8. The number of aryl methyl sites for hydroxylation is 2. The second kappa shape index (κ2) is 4.80. The molecular weight excluding hydrogens is 254 g/mol. The van der Waals surface area contributed by atoms with Gasteiger partial charge in [0, 0.05) is 12.7 Å². The Morgan fingerprint density at radius 3 is 2.55 bits per heavy atom. The molecule has 0 saturated heterocycles. The second-order valence-electron chi connectivity index (χ2n) is 4.44. The third-order valence-corrected chi connectivity index (χ3v) is 3.13. The Balaban J connectivity index is 2.11. The third kappa shape index (κ3) is 2.05. The molecule has 0 atom stereocenters. The summed E-state index contributed by atoms with van der Waals surface area (Å²) in [6.45, 7) is 1.92. The van der Waals surface area contributed by atoms with Gasteiger partial charge in [-0.25, -0.2) is 9.97 Å². The van der Waals surface area contributed by atoms with Gasteiger partial charge in [0.25, 0.3) is 5.88 Å². The van der Waals surface area contributed by atoms with Gasteiger partial charge in [0.1, 0.15) is 5.82 Å². The first-order valence-corrected chi connectivity index (χ1v) is 6.26. The van der Waals surface area contributed by atoms with Gasteiger partial charge in [0.15, 0.2) is 11.5 Å². The highest BCUT2D eigenvalue weighted by Crippen LogP contribution is 2.26. The maximum absolute atomic E-state index is 5.29. The summed E-state index contributed by atoms with van der Waals surface area (Å²) in [5.74, 6) is 1.87. The summed E-state index contributed by atoms with van der Waals surface area (Å²) in [5, 5.41) is 3.21. The van der Waals surface area contributed by atoms with Crippen LogP contribution in [0.4, 0.5) is 11.5 Å². The Hall–Kier alpha value is -2.63. The predicted molar refractivity (Wildman–Crippen MR) is 77.3 cm³/mol. The molecule has 3 aromatic rings. The lowest BCUT2D eigenvalue weighted by molar-refractivity contribution is 0.400. The van der Waals surface area contributed by atoms with Gasteiger partial charge in [-0.2, -0.15) is 4.98 Å². The van der Waals surface area contributed by atoms with Crippen molar-refractivity contribution < 1.29 is 4.74 Å². The SMILES string of the molecule is COc1nc2nc(C)n(C)c2nc1Nc1ccccc1. The number of nitrogens with zero attached hydrogens (tertiary/aromatic N) is 4. The molecule has 1 N–H and O–H groups in total.